The van der Waals surface area contributed by atoms with Crippen LogP contribution in [-0.2, 0) is 15.3 Å². The summed E-state index contributed by atoms with van der Waals surface area (Å²) in [6, 6.07) is 7.19. The van der Waals surface area contributed by atoms with Gasteiger partial charge in [0.15, 0.2) is 9.84 Å². The number of rotatable bonds is 7. The summed E-state index contributed by atoms with van der Waals surface area (Å²) in [6.45, 7) is 9.95. The van der Waals surface area contributed by atoms with Crippen molar-refractivity contribution in [2.75, 3.05) is 0 Å². The molecular formula is C16H24O2S. The molecule has 0 spiro atoms. The number of hydrogen-bond donors (Lipinski definition) is 0. The van der Waals surface area contributed by atoms with Gasteiger partial charge in [-0.1, -0.05) is 58.7 Å². The van der Waals surface area contributed by atoms with Gasteiger partial charge < -0.3 is 0 Å². The van der Waals surface area contributed by atoms with Crippen LogP contribution in [-0.4, -0.2) is 8.42 Å². The molecule has 0 unspecified atom stereocenters. The monoisotopic (exact) mass is 280 g/mol. The molecule has 0 radical (unpaired) electrons. The Morgan fingerprint density at radius 3 is 2.21 bits per heavy atom. The first-order valence-electron chi connectivity index (χ1n) is 6.81. The van der Waals surface area contributed by atoms with Gasteiger partial charge in [0.05, 0.1) is 4.90 Å². The standard InChI is InChI=1S/C16H24O2S/c1-5-7-8-13-16(3,4)14-9-11-15(12-10-14)19(17,18)6-2/h6,9-12H,2,5,7-8,13H2,1,3-4H3. The molecule has 0 amide bonds. The highest BCUT2D eigenvalue weighted by atomic mass is 32.2. The summed E-state index contributed by atoms with van der Waals surface area (Å²) in [4.78, 5) is 0.315. The van der Waals surface area contributed by atoms with Crippen LogP contribution < -0.4 is 0 Å². The molecule has 0 aliphatic heterocycles. The van der Waals surface area contributed by atoms with E-state index in [0.29, 0.717) is 4.90 Å². The third kappa shape index (κ3) is 4.20. The smallest absolute Gasteiger partial charge is 0.199 e. The van der Waals surface area contributed by atoms with E-state index in [1.165, 1.54) is 24.8 Å². The highest BCUT2D eigenvalue weighted by Gasteiger charge is 2.20. The normalized spacial score (nSPS) is 12.4. The molecular weight excluding hydrogens is 256 g/mol. The second-order valence-corrected chi connectivity index (χ2v) is 7.47. The Hall–Kier alpha value is -1.09. The largest absolute Gasteiger partial charge is 0.219 e. The number of unbranched alkanes of at least 4 members (excludes halogenated alkanes) is 2. The van der Waals surface area contributed by atoms with Crippen LogP contribution in [0, 0.1) is 0 Å². The topological polar surface area (TPSA) is 34.1 Å². The quantitative estimate of drug-likeness (QED) is 0.691. The number of sulfone groups is 1. The zero-order valence-electron chi connectivity index (χ0n) is 12.1. The second kappa shape index (κ2) is 6.38. The van der Waals surface area contributed by atoms with Crippen molar-refractivity contribution >= 4 is 9.84 Å². The predicted octanol–water partition coefficient (Wildman–Crippen LogP) is 4.46. The van der Waals surface area contributed by atoms with E-state index in [4.69, 9.17) is 0 Å². The Labute approximate surface area is 117 Å². The number of hydrogen-bond acceptors (Lipinski definition) is 2. The van der Waals surface area contributed by atoms with Crippen LogP contribution in [0.2, 0.25) is 0 Å². The van der Waals surface area contributed by atoms with Crippen molar-refractivity contribution in [2.45, 2.75) is 56.8 Å². The third-order valence-electron chi connectivity index (χ3n) is 3.59. The molecule has 0 N–H and O–H groups in total. The van der Waals surface area contributed by atoms with Gasteiger partial charge in [0.2, 0.25) is 0 Å². The third-order valence-corrected chi connectivity index (χ3v) is 4.96. The summed E-state index contributed by atoms with van der Waals surface area (Å²) in [5.41, 5.74) is 1.28. The Bertz CT molecular complexity index is 510. The minimum atomic E-state index is -3.32. The maximum absolute atomic E-state index is 11.7. The lowest BCUT2D eigenvalue weighted by Gasteiger charge is -2.25. The van der Waals surface area contributed by atoms with Gasteiger partial charge in [-0.2, -0.15) is 0 Å². The van der Waals surface area contributed by atoms with Crippen molar-refractivity contribution in [1.82, 2.24) is 0 Å². The molecule has 0 fully saturated rings. The lowest BCUT2D eigenvalue weighted by molar-refractivity contribution is 0.450. The zero-order valence-corrected chi connectivity index (χ0v) is 13.0. The summed E-state index contributed by atoms with van der Waals surface area (Å²) in [6.07, 6.45) is 4.78. The van der Waals surface area contributed by atoms with Crippen LogP contribution in [0.1, 0.15) is 52.0 Å². The van der Waals surface area contributed by atoms with Crippen molar-refractivity contribution in [2.24, 2.45) is 0 Å². The van der Waals surface area contributed by atoms with Crippen LogP contribution in [0.4, 0.5) is 0 Å². The molecule has 106 valence electrons. The molecule has 0 bridgehead atoms. The zero-order chi connectivity index (χ0) is 14.5. The average Bonchev–Trinajstić information content (AvgIpc) is 2.39. The number of benzene rings is 1. The molecule has 0 saturated heterocycles. The van der Waals surface area contributed by atoms with Gasteiger partial charge >= 0.3 is 0 Å². The summed E-state index contributed by atoms with van der Waals surface area (Å²) < 4.78 is 23.3. The summed E-state index contributed by atoms with van der Waals surface area (Å²) in [7, 11) is -3.32. The van der Waals surface area contributed by atoms with Crippen molar-refractivity contribution < 1.29 is 8.42 Å². The van der Waals surface area contributed by atoms with Gasteiger partial charge in [-0.3, -0.25) is 0 Å². The fourth-order valence-corrected chi connectivity index (χ4v) is 2.86. The van der Waals surface area contributed by atoms with Crippen LogP contribution in [0.5, 0.6) is 0 Å². The van der Waals surface area contributed by atoms with Gasteiger partial charge in [0, 0.05) is 5.41 Å². The molecule has 0 saturated carbocycles. The molecule has 1 aromatic rings. The van der Waals surface area contributed by atoms with Crippen molar-refractivity contribution in [3.8, 4) is 0 Å². The van der Waals surface area contributed by atoms with E-state index in [-0.39, 0.29) is 5.41 Å². The molecule has 0 heterocycles. The molecule has 3 heteroatoms. The van der Waals surface area contributed by atoms with Crippen LogP contribution in [0.25, 0.3) is 0 Å². The van der Waals surface area contributed by atoms with Gasteiger partial charge in [-0.25, -0.2) is 8.42 Å². The van der Waals surface area contributed by atoms with Crippen molar-refractivity contribution in [3.63, 3.8) is 0 Å². The Kier molecular flexibility index (Phi) is 5.36. The fourth-order valence-electron chi connectivity index (χ4n) is 2.15. The molecule has 1 aromatic carbocycles. The predicted molar refractivity (Wildman–Crippen MR) is 81.0 cm³/mol. The molecule has 1 rings (SSSR count). The Morgan fingerprint density at radius 2 is 1.74 bits per heavy atom. The van der Waals surface area contributed by atoms with Crippen molar-refractivity contribution in [3.05, 3.63) is 41.8 Å². The molecule has 0 aliphatic rings. The Morgan fingerprint density at radius 1 is 1.16 bits per heavy atom. The first kappa shape index (κ1) is 16.0. The van der Waals surface area contributed by atoms with Gasteiger partial charge in [-0.15, -0.1) is 0 Å². The minimum Gasteiger partial charge on any atom is -0.219 e. The Balaban J connectivity index is 2.89. The fraction of sp³-hybridized carbons (Fsp3) is 0.500. The molecule has 2 nitrogen and oxygen atoms in total. The second-order valence-electron chi connectivity index (χ2n) is 5.58. The SMILES string of the molecule is C=CS(=O)(=O)c1ccc(C(C)(C)CCCCC)cc1. The molecule has 19 heavy (non-hydrogen) atoms. The maximum atomic E-state index is 11.7. The minimum absolute atomic E-state index is 0.0889. The summed E-state index contributed by atoms with van der Waals surface area (Å²) in [5.74, 6) is 0. The first-order chi connectivity index (χ1) is 8.83. The summed E-state index contributed by atoms with van der Waals surface area (Å²) in [5, 5.41) is 0.994. The van der Waals surface area contributed by atoms with Crippen LogP contribution in [0.3, 0.4) is 0 Å². The van der Waals surface area contributed by atoms with E-state index in [1.807, 2.05) is 12.1 Å². The van der Waals surface area contributed by atoms with E-state index >= 15 is 0 Å². The average molecular weight is 280 g/mol. The van der Waals surface area contributed by atoms with Crippen molar-refractivity contribution in [1.29, 1.82) is 0 Å². The van der Waals surface area contributed by atoms with E-state index in [0.717, 1.165) is 11.8 Å². The van der Waals surface area contributed by atoms with Gasteiger partial charge in [0.25, 0.3) is 0 Å². The van der Waals surface area contributed by atoms with E-state index in [2.05, 4.69) is 27.4 Å². The van der Waals surface area contributed by atoms with E-state index < -0.39 is 9.84 Å². The first-order valence-corrected chi connectivity index (χ1v) is 8.36. The highest BCUT2D eigenvalue weighted by molar-refractivity contribution is 7.94. The summed E-state index contributed by atoms with van der Waals surface area (Å²) >= 11 is 0. The van der Waals surface area contributed by atoms with Gasteiger partial charge in [-0.05, 0) is 29.5 Å². The maximum Gasteiger partial charge on any atom is 0.199 e. The highest BCUT2D eigenvalue weighted by Crippen LogP contribution is 2.30. The van der Waals surface area contributed by atoms with Crippen LogP contribution >= 0.6 is 0 Å². The van der Waals surface area contributed by atoms with E-state index in [9.17, 15) is 8.42 Å². The van der Waals surface area contributed by atoms with Gasteiger partial charge in [0.1, 0.15) is 0 Å². The van der Waals surface area contributed by atoms with E-state index in [1.54, 1.807) is 12.1 Å². The molecule has 0 atom stereocenters. The molecule has 0 aliphatic carbocycles. The lowest BCUT2D eigenvalue weighted by Crippen LogP contribution is -2.17. The lowest BCUT2D eigenvalue weighted by atomic mass is 9.80. The molecule has 0 aromatic heterocycles. The van der Waals surface area contributed by atoms with Crippen LogP contribution in [0.15, 0.2) is 41.1 Å².